The van der Waals surface area contributed by atoms with Crippen molar-refractivity contribution in [2.24, 2.45) is 11.8 Å². The van der Waals surface area contributed by atoms with Crippen LogP contribution in [0.4, 0.5) is 8.78 Å². The van der Waals surface area contributed by atoms with Gasteiger partial charge in [-0.05, 0) is 49.4 Å². The Morgan fingerprint density at radius 2 is 2.05 bits per heavy atom. The average molecular weight is 280 g/mol. The van der Waals surface area contributed by atoms with Gasteiger partial charge in [0.05, 0.1) is 5.52 Å². The normalized spacial score (nSPS) is 29.5. The summed E-state index contributed by atoms with van der Waals surface area (Å²) in [4.78, 5) is 2.90. The molecule has 5 heteroatoms. The molecule has 100 valence electrons. The van der Waals surface area contributed by atoms with Crippen LogP contribution in [0.5, 0.6) is 0 Å². The van der Waals surface area contributed by atoms with Gasteiger partial charge in [0, 0.05) is 12.1 Å². The van der Waals surface area contributed by atoms with E-state index in [1.165, 1.54) is 25.3 Å². The van der Waals surface area contributed by atoms with Gasteiger partial charge in [0.15, 0.2) is 10.6 Å². The first-order valence-corrected chi connectivity index (χ1v) is 7.13. The molecule has 1 N–H and O–H groups in total. The zero-order chi connectivity index (χ0) is 13.1. The Balaban J connectivity index is 1.94. The van der Waals surface area contributed by atoms with E-state index in [0.717, 1.165) is 18.4 Å². The maximum atomic E-state index is 13.8. The Hall–Kier alpha value is -1.23. The molecule has 2 aliphatic rings. The third kappa shape index (κ3) is 1.60. The van der Waals surface area contributed by atoms with Crippen LogP contribution in [0.15, 0.2) is 12.1 Å². The van der Waals surface area contributed by atoms with Crippen molar-refractivity contribution in [2.75, 3.05) is 0 Å². The fraction of sp³-hybridized carbons (Fsp3) is 0.500. The van der Waals surface area contributed by atoms with Gasteiger partial charge in [-0.15, -0.1) is 0 Å². The molecule has 4 rings (SSSR count). The number of imidazole rings is 1. The number of aromatic amines is 1. The topological polar surface area (TPSA) is 20.7 Å². The van der Waals surface area contributed by atoms with Crippen LogP contribution in [0.3, 0.4) is 0 Å². The monoisotopic (exact) mass is 280 g/mol. The number of H-pyrrole nitrogens is 1. The molecule has 2 saturated carbocycles. The van der Waals surface area contributed by atoms with Gasteiger partial charge in [0.2, 0.25) is 0 Å². The molecule has 2 fully saturated rings. The van der Waals surface area contributed by atoms with Gasteiger partial charge in [-0.25, -0.2) is 8.78 Å². The summed E-state index contributed by atoms with van der Waals surface area (Å²) < 4.78 is 29.7. The van der Waals surface area contributed by atoms with Crippen molar-refractivity contribution in [3.63, 3.8) is 0 Å². The number of benzene rings is 1. The molecule has 2 aromatic rings. The lowest BCUT2D eigenvalue weighted by Gasteiger charge is -2.23. The second-order valence-corrected chi connectivity index (χ2v) is 6.21. The summed E-state index contributed by atoms with van der Waals surface area (Å²) in [6.07, 6.45) is 4.82. The molecule has 3 unspecified atom stereocenters. The first kappa shape index (κ1) is 11.6. The van der Waals surface area contributed by atoms with E-state index in [1.807, 2.05) is 4.57 Å². The van der Waals surface area contributed by atoms with E-state index in [9.17, 15) is 8.78 Å². The van der Waals surface area contributed by atoms with Gasteiger partial charge in [0.25, 0.3) is 0 Å². The molecule has 0 spiro atoms. The first-order chi connectivity index (χ1) is 9.13. The van der Waals surface area contributed by atoms with E-state index >= 15 is 0 Å². The molecular formula is C14H14F2N2S. The van der Waals surface area contributed by atoms with Crippen LogP contribution in [0.1, 0.15) is 31.7 Å². The molecule has 2 bridgehead atoms. The quantitative estimate of drug-likeness (QED) is 0.771. The van der Waals surface area contributed by atoms with Crippen molar-refractivity contribution in [3.8, 4) is 0 Å². The lowest BCUT2D eigenvalue weighted by Crippen LogP contribution is -2.16. The summed E-state index contributed by atoms with van der Waals surface area (Å²) >= 11 is 5.33. The fourth-order valence-corrected chi connectivity index (χ4v) is 4.34. The number of aromatic nitrogens is 2. The molecular weight excluding hydrogens is 266 g/mol. The second kappa shape index (κ2) is 3.88. The lowest BCUT2D eigenvalue weighted by atomic mass is 9.95. The van der Waals surface area contributed by atoms with Crippen LogP contribution in [0.25, 0.3) is 11.0 Å². The summed E-state index contributed by atoms with van der Waals surface area (Å²) in [7, 11) is 0. The molecule has 1 aromatic carbocycles. The number of hydrogen-bond acceptors (Lipinski definition) is 1. The number of nitrogens with one attached hydrogen (secondary N) is 1. The molecule has 1 heterocycles. The second-order valence-electron chi connectivity index (χ2n) is 5.82. The highest BCUT2D eigenvalue weighted by Crippen LogP contribution is 2.51. The first-order valence-electron chi connectivity index (χ1n) is 6.73. The Morgan fingerprint density at radius 3 is 2.74 bits per heavy atom. The minimum absolute atomic E-state index is 0.307. The Morgan fingerprint density at radius 1 is 1.21 bits per heavy atom. The predicted octanol–water partition coefficient (Wildman–Crippen LogP) is 4.34. The van der Waals surface area contributed by atoms with E-state index in [-0.39, 0.29) is 0 Å². The Kier molecular flexibility index (Phi) is 2.37. The predicted molar refractivity (Wildman–Crippen MR) is 71.5 cm³/mol. The van der Waals surface area contributed by atoms with E-state index < -0.39 is 11.6 Å². The van der Waals surface area contributed by atoms with Crippen LogP contribution >= 0.6 is 12.2 Å². The highest BCUT2D eigenvalue weighted by molar-refractivity contribution is 7.71. The smallest absolute Gasteiger partial charge is 0.178 e. The largest absolute Gasteiger partial charge is 0.328 e. The molecule has 2 aliphatic carbocycles. The van der Waals surface area contributed by atoms with Crippen LogP contribution in [0.2, 0.25) is 0 Å². The van der Waals surface area contributed by atoms with Crippen LogP contribution < -0.4 is 0 Å². The SMILES string of the molecule is Fc1cc(F)c2[nH]c(=S)n(C3CC4CCC3C4)c2c1. The van der Waals surface area contributed by atoms with Gasteiger partial charge in [-0.1, -0.05) is 6.42 Å². The molecule has 0 radical (unpaired) electrons. The van der Waals surface area contributed by atoms with Crippen molar-refractivity contribution in [1.29, 1.82) is 0 Å². The van der Waals surface area contributed by atoms with Crippen molar-refractivity contribution >= 4 is 23.3 Å². The highest BCUT2D eigenvalue weighted by atomic mass is 32.1. The zero-order valence-corrected chi connectivity index (χ0v) is 11.1. The van der Waals surface area contributed by atoms with Crippen LogP contribution in [-0.2, 0) is 0 Å². The maximum Gasteiger partial charge on any atom is 0.178 e. The summed E-state index contributed by atoms with van der Waals surface area (Å²) in [6.45, 7) is 0. The maximum absolute atomic E-state index is 13.8. The van der Waals surface area contributed by atoms with Gasteiger partial charge in [-0.3, -0.25) is 0 Å². The third-order valence-electron chi connectivity index (χ3n) is 4.78. The average Bonchev–Trinajstić information content (AvgIpc) is 3.02. The highest BCUT2D eigenvalue weighted by Gasteiger charge is 2.41. The van der Waals surface area contributed by atoms with Gasteiger partial charge < -0.3 is 9.55 Å². The molecule has 0 saturated heterocycles. The minimum atomic E-state index is -0.567. The van der Waals surface area contributed by atoms with Crippen molar-refractivity contribution in [1.82, 2.24) is 9.55 Å². The molecule has 1 aromatic heterocycles. The summed E-state index contributed by atoms with van der Waals surface area (Å²) in [5.74, 6) is 0.265. The summed E-state index contributed by atoms with van der Waals surface area (Å²) in [5.41, 5.74) is 0.897. The van der Waals surface area contributed by atoms with Crippen molar-refractivity contribution in [3.05, 3.63) is 28.5 Å². The standard InChI is InChI=1S/C14H14F2N2S/c15-9-5-10(16)13-12(6-9)18(14(19)17-13)11-4-7-1-2-8(11)3-7/h5-8,11H,1-4H2,(H,17,19). The molecule has 3 atom stereocenters. The van der Waals surface area contributed by atoms with E-state index in [1.54, 1.807) is 0 Å². The number of nitrogens with zero attached hydrogens (tertiary/aromatic N) is 1. The van der Waals surface area contributed by atoms with Crippen molar-refractivity contribution < 1.29 is 8.78 Å². The van der Waals surface area contributed by atoms with E-state index in [4.69, 9.17) is 12.2 Å². The minimum Gasteiger partial charge on any atom is -0.328 e. The molecule has 2 nitrogen and oxygen atoms in total. The van der Waals surface area contributed by atoms with Gasteiger partial charge in [-0.2, -0.15) is 0 Å². The zero-order valence-electron chi connectivity index (χ0n) is 10.3. The number of rotatable bonds is 1. The van der Waals surface area contributed by atoms with Crippen LogP contribution in [-0.4, -0.2) is 9.55 Å². The number of fused-ring (bicyclic) bond motifs is 3. The van der Waals surface area contributed by atoms with E-state index in [2.05, 4.69) is 4.98 Å². The molecule has 19 heavy (non-hydrogen) atoms. The number of halogens is 2. The van der Waals surface area contributed by atoms with E-state index in [0.29, 0.717) is 27.8 Å². The van der Waals surface area contributed by atoms with Gasteiger partial charge >= 0.3 is 0 Å². The Labute approximate surface area is 114 Å². The molecule has 0 amide bonds. The van der Waals surface area contributed by atoms with Crippen LogP contribution in [0, 0.1) is 28.2 Å². The lowest BCUT2D eigenvalue weighted by molar-refractivity contribution is 0.333. The summed E-state index contributed by atoms with van der Waals surface area (Å²) in [6, 6.07) is 2.59. The Bertz CT molecular complexity index is 718. The third-order valence-corrected chi connectivity index (χ3v) is 5.08. The van der Waals surface area contributed by atoms with Gasteiger partial charge in [0.1, 0.15) is 11.3 Å². The van der Waals surface area contributed by atoms with Crippen molar-refractivity contribution in [2.45, 2.75) is 31.7 Å². The number of hydrogen-bond donors (Lipinski definition) is 1. The summed E-state index contributed by atoms with van der Waals surface area (Å²) in [5, 5.41) is 0. The fourth-order valence-electron chi connectivity index (χ4n) is 4.01. The molecule has 0 aliphatic heterocycles.